The van der Waals surface area contributed by atoms with Crippen molar-refractivity contribution in [1.29, 1.82) is 0 Å². The highest BCUT2D eigenvalue weighted by atomic mass is 79.9. The SMILES string of the molecule is O=C(CBr)c1c(F)c(F)c(F)c(Cl)c1Cl. The molecule has 0 aliphatic heterocycles. The Morgan fingerprint density at radius 3 is 2.07 bits per heavy atom. The maximum Gasteiger partial charge on any atom is 0.196 e. The van der Waals surface area contributed by atoms with Gasteiger partial charge in [-0.2, -0.15) is 0 Å². The predicted molar refractivity (Wildman–Crippen MR) is 54.5 cm³/mol. The number of carbonyl (C=O) groups is 1. The summed E-state index contributed by atoms with van der Waals surface area (Å²) >= 11 is 13.5. The molecular formula is C8H2BrCl2F3O. The summed E-state index contributed by atoms with van der Waals surface area (Å²) in [4.78, 5) is 11.2. The Morgan fingerprint density at radius 1 is 1.07 bits per heavy atom. The summed E-state index contributed by atoms with van der Waals surface area (Å²) in [5.41, 5.74) is -0.752. The van der Waals surface area contributed by atoms with Gasteiger partial charge in [-0.15, -0.1) is 0 Å². The van der Waals surface area contributed by atoms with Crippen molar-refractivity contribution in [3.05, 3.63) is 33.1 Å². The zero-order valence-corrected chi connectivity index (χ0v) is 9.98. The van der Waals surface area contributed by atoms with Gasteiger partial charge in [0.1, 0.15) is 0 Å². The number of alkyl halides is 1. The topological polar surface area (TPSA) is 17.1 Å². The molecular weight excluding hydrogens is 320 g/mol. The van der Waals surface area contributed by atoms with Crippen molar-refractivity contribution < 1.29 is 18.0 Å². The average Bonchev–Trinajstić information content (AvgIpc) is 2.23. The molecule has 0 heterocycles. The van der Waals surface area contributed by atoms with Crippen LogP contribution in [0.3, 0.4) is 0 Å². The molecule has 0 radical (unpaired) electrons. The number of hydrogen-bond donors (Lipinski definition) is 0. The van der Waals surface area contributed by atoms with Crippen molar-refractivity contribution in [2.24, 2.45) is 0 Å². The first kappa shape index (κ1) is 12.8. The van der Waals surface area contributed by atoms with Crippen LogP contribution in [0.4, 0.5) is 13.2 Å². The Bertz CT molecular complexity index is 407. The molecule has 1 aromatic rings. The monoisotopic (exact) mass is 320 g/mol. The Labute approximate surface area is 101 Å². The fraction of sp³-hybridized carbons (Fsp3) is 0.125. The van der Waals surface area contributed by atoms with Crippen LogP contribution in [0.2, 0.25) is 10.0 Å². The highest BCUT2D eigenvalue weighted by Crippen LogP contribution is 2.33. The average molecular weight is 322 g/mol. The first-order valence-corrected chi connectivity index (χ1v) is 5.40. The van der Waals surface area contributed by atoms with E-state index in [1.54, 1.807) is 0 Å². The van der Waals surface area contributed by atoms with Crippen molar-refractivity contribution in [1.82, 2.24) is 0 Å². The molecule has 0 aliphatic carbocycles. The molecule has 0 amide bonds. The van der Waals surface area contributed by atoms with E-state index < -0.39 is 38.8 Å². The number of carbonyl (C=O) groups excluding carboxylic acids is 1. The molecule has 15 heavy (non-hydrogen) atoms. The first-order valence-electron chi connectivity index (χ1n) is 3.52. The molecule has 1 aromatic carbocycles. The lowest BCUT2D eigenvalue weighted by Gasteiger charge is -2.07. The van der Waals surface area contributed by atoms with Crippen LogP contribution in [-0.2, 0) is 0 Å². The largest absolute Gasteiger partial charge is 0.293 e. The lowest BCUT2D eigenvalue weighted by Crippen LogP contribution is -2.09. The molecule has 1 nitrogen and oxygen atoms in total. The van der Waals surface area contributed by atoms with E-state index in [9.17, 15) is 18.0 Å². The molecule has 0 fully saturated rings. The van der Waals surface area contributed by atoms with Crippen molar-refractivity contribution >= 4 is 44.9 Å². The lowest BCUT2D eigenvalue weighted by molar-refractivity contribution is 0.101. The summed E-state index contributed by atoms with van der Waals surface area (Å²) in [6, 6.07) is 0. The molecule has 0 unspecified atom stereocenters. The number of halogens is 6. The zero-order valence-electron chi connectivity index (χ0n) is 6.88. The van der Waals surface area contributed by atoms with E-state index in [4.69, 9.17) is 23.2 Å². The van der Waals surface area contributed by atoms with Gasteiger partial charge in [0, 0.05) is 0 Å². The first-order chi connectivity index (χ1) is 6.91. The highest BCUT2D eigenvalue weighted by Gasteiger charge is 2.26. The molecule has 0 N–H and O–H groups in total. The van der Waals surface area contributed by atoms with Gasteiger partial charge in [-0.3, -0.25) is 4.79 Å². The fourth-order valence-corrected chi connectivity index (χ4v) is 1.65. The minimum absolute atomic E-state index is 0.273. The molecule has 7 heteroatoms. The Hall–Kier alpha value is -0.260. The third-order valence-corrected chi connectivity index (χ3v) is 2.95. The van der Waals surface area contributed by atoms with Crippen molar-refractivity contribution in [3.8, 4) is 0 Å². The van der Waals surface area contributed by atoms with Gasteiger partial charge in [0.05, 0.1) is 20.9 Å². The van der Waals surface area contributed by atoms with Gasteiger partial charge in [0.2, 0.25) is 0 Å². The van der Waals surface area contributed by atoms with Crippen molar-refractivity contribution in [3.63, 3.8) is 0 Å². The van der Waals surface area contributed by atoms with Crippen LogP contribution < -0.4 is 0 Å². The van der Waals surface area contributed by atoms with E-state index in [1.807, 2.05) is 0 Å². The number of hydrogen-bond acceptors (Lipinski definition) is 1. The summed E-state index contributed by atoms with van der Waals surface area (Å²) in [5.74, 6) is -5.87. The summed E-state index contributed by atoms with van der Waals surface area (Å²) < 4.78 is 38.9. The third-order valence-electron chi connectivity index (χ3n) is 1.61. The van der Waals surface area contributed by atoms with Gasteiger partial charge in [0.15, 0.2) is 23.2 Å². The fourth-order valence-electron chi connectivity index (χ4n) is 0.917. The van der Waals surface area contributed by atoms with E-state index in [1.165, 1.54) is 0 Å². The molecule has 0 atom stereocenters. The molecule has 82 valence electrons. The molecule has 0 aliphatic rings. The van der Waals surface area contributed by atoms with E-state index in [0.717, 1.165) is 0 Å². The number of ketones is 1. The van der Waals surface area contributed by atoms with Gasteiger partial charge < -0.3 is 0 Å². The van der Waals surface area contributed by atoms with E-state index >= 15 is 0 Å². The maximum atomic E-state index is 13.1. The van der Waals surface area contributed by atoms with Crippen molar-refractivity contribution in [2.75, 3.05) is 5.33 Å². The van der Waals surface area contributed by atoms with E-state index in [-0.39, 0.29) is 5.33 Å². The maximum absolute atomic E-state index is 13.1. The number of benzene rings is 1. The lowest BCUT2D eigenvalue weighted by atomic mass is 10.1. The van der Waals surface area contributed by atoms with Crippen LogP contribution in [0.25, 0.3) is 0 Å². The summed E-state index contributed by atoms with van der Waals surface area (Å²) in [7, 11) is 0. The zero-order chi connectivity index (χ0) is 11.7. The molecule has 1 rings (SSSR count). The van der Waals surface area contributed by atoms with Crippen LogP contribution in [0, 0.1) is 17.5 Å². The molecule has 0 spiro atoms. The van der Waals surface area contributed by atoms with Crippen LogP contribution >= 0.6 is 39.1 Å². The second-order valence-corrected chi connectivity index (χ2v) is 3.82. The Balaban J connectivity index is 3.60. The Morgan fingerprint density at radius 2 is 1.60 bits per heavy atom. The van der Waals surface area contributed by atoms with Crippen LogP contribution in [0.5, 0.6) is 0 Å². The smallest absolute Gasteiger partial charge is 0.196 e. The third kappa shape index (κ3) is 2.14. The van der Waals surface area contributed by atoms with Gasteiger partial charge >= 0.3 is 0 Å². The number of Topliss-reactive ketones (excluding diaryl/α,β-unsaturated/α-hetero) is 1. The molecule has 0 bridgehead atoms. The second kappa shape index (κ2) is 4.72. The minimum atomic E-state index is -1.81. The normalized spacial score (nSPS) is 10.5. The Kier molecular flexibility index (Phi) is 4.03. The summed E-state index contributed by atoms with van der Waals surface area (Å²) in [6.45, 7) is 0. The molecule has 0 saturated carbocycles. The van der Waals surface area contributed by atoms with E-state index in [2.05, 4.69) is 15.9 Å². The van der Waals surface area contributed by atoms with E-state index in [0.29, 0.717) is 0 Å². The van der Waals surface area contributed by atoms with Gasteiger partial charge in [-0.1, -0.05) is 39.1 Å². The summed E-state index contributed by atoms with van der Waals surface area (Å²) in [5, 5.41) is -1.71. The number of rotatable bonds is 2. The predicted octanol–water partition coefficient (Wildman–Crippen LogP) is 3.99. The summed E-state index contributed by atoms with van der Waals surface area (Å²) in [6.07, 6.45) is 0. The molecule has 0 saturated heterocycles. The van der Waals surface area contributed by atoms with Crippen LogP contribution in [0.15, 0.2) is 0 Å². The van der Waals surface area contributed by atoms with Gasteiger partial charge in [-0.25, -0.2) is 13.2 Å². The van der Waals surface area contributed by atoms with Gasteiger partial charge in [-0.05, 0) is 0 Å². The standard InChI is InChI=1S/C8H2BrCl2F3O/c9-1-2(15)3-4(10)5(11)7(13)8(14)6(3)12/h1H2. The molecule has 0 aromatic heterocycles. The highest BCUT2D eigenvalue weighted by molar-refractivity contribution is 9.09. The van der Waals surface area contributed by atoms with Crippen molar-refractivity contribution in [2.45, 2.75) is 0 Å². The second-order valence-electron chi connectivity index (χ2n) is 2.50. The van der Waals surface area contributed by atoms with Crippen LogP contribution in [-0.4, -0.2) is 11.1 Å². The minimum Gasteiger partial charge on any atom is -0.293 e. The van der Waals surface area contributed by atoms with Gasteiger partial charge in [0.25, 0.3) is 0 Å². The van der Waals surface area contributed by atoms with Crippen LogP contribution in [0.1, 0.15) is 10.4 Å². The quantitative estimate of drug-likeness (QED) is 0.348.